The second-order valence-electron chi connectivity index (χ2n) is 5.86. The summed E-state index contributed by atoms with van der Waals surface area (Å²) in [5.41, 5.74) is 2.59. The summed E-state index contributed by atoms with van der Waals surface area (Å²) >= 11 is 6.59. The van der Waals surface area contributed by atoms with Crippen LogP contribution in [-0.4, -0.2) is 45.8 Å². The van der Waals surface area contributed by atoms with Gasteiger partial charge in [-0.25, -0.2) is 9.67 Å². The Balaban J connectivity index is 2.13. The minimum Gasteiger partial charge on any atom is -0.497 e. The molecular weight excluding hydrogens is 352 g/mol. The van der Waals surface area contributed by atoms with Crippen molar-refractivity contribution in [2.45, 2.75) is 20.8 Å². The molecule has 136 valence electrons. The summed E-state index contributed by atoms with van der Waals surface area (Å²) in [6.07, 6.45) is 1.53. The first-order valence-electron chi connectivity index (χ1n) is 8.49. The smallest absolute Gasteiger partial charge is 0.256 e. The second-order valence-corrected chi connectivity index (χ2v) is 6.24. The maximum Gasteiger partial charge on any atom is 0.256 e. The summed E-state index contributed by atoms with van der Waals surface area (Å²) in [7, 11) is 1.62. The lowest BCUT2D eigenvalue weighted by Crippen LogP contribution is -2.30. The highest BCUT2D eigenvalue weighted by molar-refractivity contribution is 6.38. The van der Waals surface area contributed by atoms with Crippen molar-refractivity contribution in [2.75, 3.05) is 20.2 Å². The van der Waals surface area contributed by atoms with Gasteiger partial charge in [0.15, 0.2) is 5.65 Å². The zero-order valence-corrected chi connectivity index (χ0v) is 16.0. The third-order valence-corrected chi connectivity index (χ3v) is 4.80. The molecule has 0 saturated heterocycles. The van der Waals surface area contributed by atoms with Crippen molar-refractivity contribution in [1.82, 2.24) is 19.7 Å². The molecule has 0 spiro atoms. The van der Waals surface area contributed by atoms with Crippen LogP contribution in [0.15, 0.2) is 30.5 Å². The number of aryl methyl sites for hydroxylation is 1. The molecule has 1 aromatic carbocycles. The standard InChI is InChI=1S/C19H21ClN4O2/c1-5-23(6-2)19(25)15-11-21-18-16(17(15)20)12(3)22-24(18)13-7-9-14(26-4)10-8-13/h7-11H,5-6H2,1-4H3. The van der Waals surface area contributed by atoms with Crippen molar-refractivity contribution in [2.24, 2.45) is 0 Å². The summed E-state index contributed by atoms with van der Waals surface area (Å²) in [5, 5.41) is 5.65. The lowest BCUT2D eigenvalue weighted by molar-refractivity contribution is 0.0773. The number of methoxy groups -OCH3 is 1. The van der Waals surface area contributed by atoms with Crippen LogP contribution in [0.1, 0.15) is 29.9 Å². The Morgan fingerprint density at radius 3 is 2.46 bits per heavy atom. The molecule has 26 heavy (non-hydrogen) atoms. The highest BCUT2D eigenvalue weighted by atomic mass is 35.5. The molecule has 0 aliphatic carbocycles. The maximum absolute atomic E-state index is 12.7. The first-order valence-corrected chi connectivity index (χ1v) is 8.87. The van der Waals surface area contributed by atoms with Gasteiger partial charge in [0.1, 0.15) is 5.75 Å². The first-order chi connectivity index (χ1) is 12.5. The van der Waals surface area contributed by atoms with Gasteiger partial charge in [-0.15, -0.1) is 0 Å². The van der Waals surface area contributed by atoms with E-state index in [-0.39, 0.29) is 5.91 Å². The van der Waals surface area contributed by atoms with E-state index in [2.05, 4.69) is 10.1 Å². The number of hydrogen-bond acceptors (Lipinski definition) is 4. The minimum atomic E-state index is -0.119. The molecule has 0 unspecified atom stereocenters. The Hall–Kier alpha value is -2.60. The van der Waals surface area contributed by atoms with Crippen molar-refractivity contribution in [3.8, 4) is 11.4 Å². The number of halogens is 1. The molecule has 3 aromatic rings. The van der Waals surface area contributed by atoms with Crippen molar-refractivity contribution >= 4 is 28.5 Å². The molecule has 0 atom stereocenters. The summed E-state index contributed by atoms with van der Waals surface area (Å²) in [6.45, 7) is 6.98. The van der Waals surface area contributed by atoms with Gasteiger partial charge in [-0.1, -0.05) is 11.6 Å². The molecule has 3 rings (SSSR count). The number of carbonyl (C=O) groups is 1. The SMILES string of the molecule is CCN(CC)C(=O)c1cnc2c(c(C)nn2-c2ccc(OC)cc2)c1Cl. The lowest BCUT2D eigenvalue weighted by Gasteiger charge is -2.19. The molecule has 2 aromatic heterocycles. The number of pyridine rings is 1. The normalized spacial score (nSPS) is 11.0. The third-order valence-electron chi connectivity index (χ3n) is 4.41. The molecule has 6 nitrogen and oxygen atoms in total. The zero-order valence-electron chi connectivity index (χ0n) is 15.3. The molecule has 7 heteroatoms. The van der Waals surface area contributed by atoms with Crippen LogP contribution in [0.2, 0.25) is 5.02 Å². The number of nitrogens with zero attached hydrogens (tertiary/aromatic N) is 4. The van der Waals surface area contributed by atoms with Gasteiger partial charge in [-0.3, -0.25) is 4.79 Å². The predicted molar refractivity (Wildman–Crippen MR) is 102 cm³/mol. The Kier molecular flexibility index (Phi) is 5.13. The number of amides is 1. The number of carbonyl (C=O) groups excluding carboxylic acids is 1. The van der Waals surface area contributed by atoms with E-state index in [1.165, 1.54) is 6.20 Å². The lowest BCUT2D eigenvalue weighted by atomic mass is 10.2. The maximum atomic E-state index is 12.7. The van der Waals surface area contributed by atoms with Crippen LogP contribution in [0.4, 0.5) is 0 Å². The molecule has 0 radical (unpaired) electrons. The average molecular weight is 373 g/mol. The van der Waals surface area contributed by atoms with E-state index in [4.69, 9.17) is 16.3 Å². The molecule has 0 saturated carbocycles. The fraction of sp³-hybridized carbons (Fsp3) is 0.316. The van der Waals surface area contributed by atoms with Gasteiger partial charge >= 0.3 is 0 Å². The van der Waals surface area contributed by atoms with E-state index >= 15 is 0 Å². The van der Waals surface area contributed by atoms with E-state index in [1.54, 1.807) is 16.7 Å². The van der Waals surface area contributed by atoms with Crippen molar-refractivity contribution in [1.29, 1.82) is 0 Å². The molecule has 0 aliphatic heterocycles. The van der Waals surface area contributed by atoms with Gasteiger partial charge in [-0.05, 0) is 45.0 Å². The molecule has 0 N–H and O–H groups in total. The van der Waals surface area contributed by atoms with Crippen molar-refractivity contribution in [3.05, 3.63) is 46.7 Å². The molecule has 0 aliphatic rings. The number of hydrogen-bond donors (Lipinski definition) is 0. The highest BCUT2D eigenvalue weighted by Gasteiger charge is 2.22. The Morgan fingerprint density at radius 2 is 1.88 bits per heavy atom. The van der Waals surface area contributed by atoms with Crippen LogP contribution in [0.5, 0.6) is 5.75 Å². The number of fused-ring (bicyclic) bond motifs is 1. The van der Waals surface area contributed by atoms with Gasteiger partial charge < -0.3 is 9.64 Å². The Bertz CT molecular complexity index is 946. The fourth-order valence-corrected chi connectivity index (χ4v) is 3.29. The monoisotopic (exact) mass is 372 g/mol. The number of benzene rings is 1. The fourth-order valence-electron chi connectivity index (χ4n) is 2.94. The minimum absolute atomic E-state index is 0.119. The Morgan fingerprint density at radius 1 is 1.23 bits per heavy atom. The van der Waals surface area contributed by atoms with Crippen LogP contribution in [-0.2, 0) is 0 Å². The number of rotatable bonds is 5. The number of aromatic nitrogens is 3. The van der Waals surface area contributed by atoms with E-state index < -0.39 is 0 Å². The van der Waals surface area contributed by atoms with Crippen LogP contribution >= 0.6 is 11.6 Å². The summed E-state index contributed by atoms with van der Waals surface area (Å²) in [4.78, 5) is 18.9. The van der Waals surface area contributed by atoms with E-state index in [1.807, 2.05) is 45.0 Å². The number of ether oxygens (including phenoxy) is 1. The van der Waals surface area contributed by atoms with Crippen molar-refractivity contribution in [3.63, 3.8) is 0 Å². The third kappa shape index (κ3) is 3.01. The predicted octanol–water partition coefficient (Wildman–Crippen LogP) is 3.87. The molecule has 0 bridgehead atoms. The van der Waals surface area contributed by atoms with Gasteiger partial charge in [0, 0.05) is 19.3 Å². The van der Waals surface area contributed by atoms with Crippen LogP contribution in [0.3, 0.4) is 0 Å². The second kappa shape index (κ2) is 7.33. The zero-order chi connectivity index (χ0) is 18.8. The molecule has 2 heterocycles. The highest BCUT2D eigenvalue weighted by Crippen LogP contribution is 2.31. The average Bonchev–Trinajstić information content (AvgIpc) is 3.00. The van der Waals surface area contributed by atoms with Crippen LogP contribution < -0.4 is 4.74 Å². The van der Waals surface area contributed by atoms with E-state index in [0.29, 0.717) is 34.7 Å². The van der Waals surface area contributed by atoms with Gasteiger partial charge in [0.25, 0.3) is 5.91 Å². The quantitative estimate of drug-likeness (QED) is 0.682. The van der Waals surface area contributed by atoms with Gasteiger partial charge in [-0.2, -0.15) is 5.10 Å². The molecule has 0 fully saturated rings. The molecule has 1 amide bonds. The van der Waals surface area contributed by atoms with Gasteiger partial charge in [0.2, 0.25) is 0 Å². The van der Waals surface area contributed by atoms with E-state index in [0.717, 1.165) is 17.1 Å². The summed E-state index contributed by atoms with van der Waals surface area (Å²) in [6, 6.07) is 7.51. The van der Waals surface area contributed by atoms with E-state index in [9.17, 15) is 4.79 Å². The Labute approximate surface area is 157 Å². The largest absolute Gasteiger partial charge is 0.497 e. The first kappa shape index (κ1) is 18.2. The van der Waals surface area contributed by atoms with Crippen LogP contribution in [0, 0.1) is 6.92 Å². The van der Waals surface area contributed by atoms with Crippen molar-refractivity contribution < 1.29 is 9.53 Å². The topological polar surface area (TPSA) is 60.2 Å². The summed E-state index contributed by atoms with van der Waals surface area (Å²) < 4.78 is 6.92. The summed E-state index contributed by atoms with van der Waals surface area (Å²) in [5.74, 6) is 0.644. The van der Waals surface area contributed by atoms with Crippen LogP contribution in [0.25, 0.3) is 16.7 Å². The molecular formula is C19H21ClN4O2. The van der Waals surface area contributed by atoms with Gasteiger partial charge in [0.05, 0.1) is 34.5 Å².